The highest BCUT2D eigenvalue weighted by Gasteiger charge is 2.29. The molecule has 1 amide bonds. The highest BCUT2D eigenvalue weighted by Crippen LogP contribution is 2.33. The first-order valence-corrected chi connectivity index (χ1v) is 8.68. The first kappa shape index (κ1) is 17.3. The van der Waals surface area contributed by atoms with E-state index in [-0.39, 0.29) is 11.9 Å². The number of amides is 1. The molecule has 1 fully saturated rings. The smallest absolute Gasteiger partial charge is 0.220 e. The van der Waals surface area contributed by atoms with E-state index in [0.717, 1.165) is 48.2 Å². The Labute approximate surface area is 147 Å². The second kappa shape index (κ2) is 7.55. The number of hydrogen-bond acceptors (Lipinski definition) is 6. The molecule has 1 unspecified atom stereocenters. The van der Waals surface area contributed by atoms with Gasteiger partial charge in [-0.05, 0) is 45.2 Å². The van der Waals surface area contributed by atoms with Crippen molar-refractivity contribution in [1.82, 2.24) is 25.3 Å². The van der Waals surface area contributed by atoms with Gasteiger partial charge in [-0.25, -0.2) is 19.9 Å². The van der Waals surface area contributed by atoms with Gasteiger partial charge in [0, 0.05) is 37.6 Å². The summed E-state index contributed by atoms with van der Waals surface area (Å²) in [6, 6.07) is 4.02. The zero-order chi connectivity index (χ0) is 17.8. The van der Waals surface area contributed by atoms with E-state index in [4.69, 9.17) is 4.98 Å². The lowest BCUT2D eigenvalue weighted by molar-refractivity contribution is -0.120. The monoisotopic (exact) mass is 340 g/mol. The zero-order valence-electron chi connectivity index (χ0n) is 15.0. The van der Waals surface area contributed by atoms with Gasteiger partial charge >= 0.3 is 0 Å². The van der Waals surface area contributed by atoms with Crippen LogP contribution < -0.4 is 10.2 Å². The number of carbonyl (C=O) groups excluding carboxylic acids is 1. The third-order valence-corrected chi connectivity index (χ3v) is 4.42. The first-order chi connectivity index (χ1) is 12.1. The molecule has 3 heterocycles. The third-order valence-electron chi connectivity index (χ3n) is 4.42. The summed E-state index contributed by atoms with van der Waals surface area (Å²) < 4.78 is 0. The van der Waals surface area contributed by atoms with Crippen molar-refractivity contribution in [2.45, 2.75) is 45.6 Å². The van der Waals surface area contributed by atoms with E-state index in [9.17, 15) is 4.79 Å². The van der Waals surface area contributed by atoms with E-state index in [2.05, 4.69) is 25.2 Å². The Hall–Kier alpha value is -2.57. The van der Waals surface area contributed by atoms with Crippen molar-refractivity contribution in [1.29, 1.82) is 0 Å². The Morgan fingerprint density at radius 2 is 2.16 bits per heavy atom. The minimum atomic E-state index is 0.0248. The first-order valence-electron chi connectivity index (χ1n) is 8.68. The van der Waals surface area contributed by atoms with Crippen LogP contribution in [0.5, 0.6) is 0 Å². The molecule has 0 spiro atoms. The molecule has 0 aromatic carbocycles. The molecule has 0 bridgehead atoms. The molecule has 1 saturated heterocycles. The second-order valence-electron chi connectivity index (χ2n) is 6.35. The molecule has 0 radical (unpaired) electrons. The maximum atomic E-state index is 11.5. The van der Waals surface area contributed by atoms with Crippen LogP contribution in [-0.2, 0) is 11.2 Å². The Balaban J connectivity index is 1.84. The van der Waals surface area contributed by atoms with Crippen LogP contribution in [0.2, 0.25) is 0 Å². The van der Waals surface area contributed by atoms with Crippen LogP contribution in [-0.4, -0.2) is 39.4 Å². The van der Waals surface area contributed by atoms with Crippen LogP contribution in [0.3, 0.4) is 0 Å². The number of rotatable bonds is 5. The molecular weight excluding hydrogens is 316 g/mol. The maximum Gasteiger partial charge on any atom is 0.220 e. The minimum Gasteiger partial charge on any atom is -0.359 e. The number of nitrogens with zero attached hydrogens (tertiary/aromatic N) is 5. The summed E-state index contributed by atoms with van der Waals surface area (Å²) in [6.07, 6.45) is 4.93. The van der Waals surface area contributed by atoms with Crippen molar-refractivity contribution in [2.24, 2.45) is 0 Å². The number of anilines is 1. The van der Waals surface area contributed by atoms with Gasteiger partial charge in [0.15, 0.2) is 5.82 Å². The van der Waals surface area contributed by atoms with Gasteiger partial charge in [0.1, 0.15) is 11.6 Å². The second-order valence-corrected chi connectivity index (χ2v) is 6.35. The molecule has 7 nitrogen and oxygen atoms in total. The Morgan fingerprint density at radius 1 is 1.32 bits per heavy atom. The summed E-state index contributed by atoms with van der Waals surface area (Å²) >= 11 is 0. The molecular formula is C18H24N6O. The minimum absolute atomic E-state index is 0.0248. The van der Waals surface area contributed by atoms with E-state index in [1.54, 1.807) is 13.2 Å². The molecule has 7 heteroatoms. The summed E-state index contributed by atoms with van der Waals surface area (Å²) in [7, 11) is 1.65. The summed E-state index contributed by atoms with van der Waals surface area (Å²) in [4.78, 5) is 31.9. The Morgan fingerprint density at radius 3 is 2.92 bits per heavy atom. The van der Waals surface area contributed by atoms with E-state index in [1.807, 2.05) is 26.0 Å². The molecule has 0 saturated carbocycles. The highest BCUT2D eigenvalue weighted by molar-refractivity contribution is 5.75. The highest BCUT2D eigenvalue weighted by atomic mass is 16.1. The van der Waals surface area contributed by atoms with Gasteiger partial charge in [-0.2, -0.15) is 0 Å². The van der Waals surface area contributed by atoms with Gasteiger partial charge in [0.25, 0.3) is 0 Å². The van der Waals surface area contributed by atoms with Crippen molar-refractivity contribution >= 4 is 11.7 Å². The van der Waals surface area contributed by atoms with Gasteiger partial charge in [-0.3, -0.25) is 4.79 Å². The van der Waals surface area contributed by atoms with Crippen molar-refractivity contribution in [3.05, 3.63) is 41.4 Å². The predicted molar refractivity (Wildman–Crippen MR) is 95.2 cm³/mol. The Kier molecular flexibility index (Phi) is 5.21. The summed E-state index contributed by atoms with van der Waals surface area (Å²) in [6.45, 7) is 4.81. The number of aryl methyl sites for hydroxylation is 3. The van der Waals surface area contributed by atoms with Crippen LogP contribution >= 0.6 is 0 Å². The number of nitrogens with one attached hydrogen (secondary N) is 1. The van der Waals surface area contributed by atoms with E-state index in [1.165, 1.54) is 0 Å². The topological polar surface area (TPSA) is 83.9 Å². The zero-order valence-corrected chi connectivity index (χ0v) is 15.0. The molecule has 1 aliphatic heterocycles. The van der Waals surface area contributed by atoms with Crippen LogP contribution in [0, 0.1) is 13.8 Å². The average molecular weight is 340 g/mol. The molecule has 1 N–H and O–H groups in total. The SMILES string of the molecule is CNC(=O)CCc1cc(C)nc(C2CCCN2c2ccnc(C)n2)n1. The van der Waals surface area contributed by atoms with Crippen molar-refractivity contribution in [2.75, 3.05) is 18.5 Å². The largest absolute Gasteiger partial charge is 0.359 e. The molecule has 1 atom stereocenters. The van der Waals surface area contributed by atoms with Gasteiger partial charge in [0.2, 0.25) is 5.91 Å². The maximum absolute atomic E-state index is 11.5. The van der Waals surface area contributed by atoms with Crippen LogP contribution in [0.25, 0.3) is 0 Å². The molecule has 2 aromatic heterocycles. The van der Waals surface area contributed by atoms with Gasteiger partial charge in [0.05, 0.1) is 6.04 Å². The molecule has 25 heavy (non-hydrogen) atoms. The lowest BCUT2D eigenvalue weighted by atomic mass is 10.1. The van der Waals surface area contributed by atoms with Gasteiger partial charge in [-0.1, -0.05) is 0 Å². The van der Waals surface area contributed by atoms with Crippen LogP contribution in [0.4, 0.5) is 5.82 Å². The van der Waals surface area contributed by atoms with Crippen LogP contribution in [0.15, 0.2) is 18.3 Å². The van der Waals surface area contributed by atoms with Gasteiger partial charge in [-0.15, -0.1) is 0 Å². The lowest BCUT2D eigenvalue weighted by Gasteiger charge is -2.25. The number of hydrogen-bond donors (Lipinski definition) is 1. The van der Waals surface area contributed by atoms with Gasteiger partial charge < -0.3 is 10.2 Å². The van der Waals surface area contributed by atoms with Crippen molar-refractivity contribution < 1.29 is 4.79 Å². The summed E-state index contributed by atoms with van der Waals surface area (Å²) in [5.74, 6) is 2.53. The predicted octanol–water partition coefficient (Wildman–Crippen LogP) is 1.90. The van der Waals surface area contributed by atoms with Crippen molar-refractivity contribution in [3.63, 3.8) is 0 Å². The summed E-state index contributed by atoms with van der Waals surface area (Å²) in [5.41, 5.74) is 1.85. The Bertz CT molecular complexity index is 763. The lowest BCUT2D eigenvalue weighted by Crippen LogP contribution is -2.26. The molecule has 3 rings (SSSR count). The molecule has 132 valence electrons. The van der Waals surface area contributed by atoms with E-state index >= 15 is 0 Å². The number of carbonyl (C=O) groups is 1. The van der Waals surface area contributed by atoms with E-state index in [0.29, 0.717) is 12.8 Å². The summed E-state index contributed by atoms with van der Waals surface area (Å²) in [5, 5.41) is 2.65. The fourth-order valence-electron chi connectivity index (χ4n) is 3.22. The quantitative estimate of drug-likeness (QED) is 0.895. The fourth-order valence-corrected chi connectivity index (χ4v) is 3.22. The molecule has 0 aliphatic carbocycles. The average Bonchev–Trinajstić information content (AvgIpc) is 3.09. The number of aromatic nitrogens is 4. The van der Waals surface area contributed by atoms with E-state index < -0.39 is 0 Å². The van der Waals surface area contributed by atoms with Crippen molar-refractivity contribution in [3.8, 4) is 0 Å². The molecule has 1 aliphatic rings. The standard InChI is InChI=1S/C18H24N6O/c1-12-11-14(6-7-17(25)19-3)23-18(21-12)15-5-4-10-24(15)16-8-9-20-13(2)22-16/h8-9,11,15H,4-7,10H2,1-3H3,(H,19,25). The fraction of sp³-hybridized carbons (Fsp3) is 0.500. The normalized spacial score (nSPS) is 16.9. The molecule has 2 aromatic rings. The third kappa shape index (κ3) is 4.10. The van der Waals surface area contributed by atoms with Crippen LogP contribution in [0.1, 0.15) is 48.3 Å².